The molecule has 2 N–H and O–H groups in total. The highest BCUT2D eigenvalue weighted by Gasteiger charge is 2.07. The van der Waals surface area contributed by atoms with E-state index < -0.39 is 0 Å². The average Bonchev–Trinajstić information content (AvgIpc) is 2.64. The van der Waals surface area contributed by atoms with E-state index in [1.807, 2.05) is 6.92 Å². The first-order valence-corrected chi connectivity index (χ1v) is 5.62. The molecule has 0 aliphatic carbocycles. The summed E-state index contributed by atoms with van der Waals surface area (Å²) in [6.45, 7) is 1.85. The molecule has 2 heterocycles. The second kappa shape index (κ2) is 4.26. The van der Waals surface area contributed by atoms with Crippen LogP contribution in [0, 0.1) is 6.92 Å². The highest BCUT2D eigenvalue weighted by atomic mass is 79.9. The highest BCUT2D eigenvalue weighted by Crippen LogP contribution is 2.10. The molecule has 0 radical (unpaired) electrons. The first-order valence-electron chi connectivity index (χ1n) is 4.42. The van der Waals surface area contributed by atoms with Crippen molar-refractivity contribution in [2.75, 3.05) is 0 Å². The van der Waals surface area contributed by atoms with Crippen molar-refractivity contribution in [1.29, 1.82) is 0 Å². The predicted octanol–water partition coefficient (Wildman–Crippen LogP) is 1.37. The summed E-state index contributed by atoms with van der Waals surface area (Å²) in [7, 11) is 0. The van der Waals surface area contributed by atoms with Gasteiger partial charge in [-0.2, -0.15) is 5.10 Å². The van der Waals surface area contributed by atoms with Crippen molar-refractivity contribution in [2.24, 2.45) is 5.73 Å². The average molecular weight is 298 g/mol. The first-order chi connectivity index (χ1) is 7.56. The van der Waals surface area contributed by atoms with E-state index in [-0.39, 0.29) is 4.99 Å². The molecular weight excluding hydrogens is 290 g/mol. The fourth-order valence-corrected chi connectivity index (χ4v) is 1.58. The molecule has 5 nitrogen and oxygen atoms in total. The van der Waals surface area contributed by atoms with Gasteiger partial charge in [0.25, 0.3) is 5.95 Å². The molecule has 0 saturated heterocycles. The Bertz CT molecular complexity index is 551. The maximum absolute atomic E-state index is 5.54. The fourth-order valence-electron chi connectivity index (χ4n) is 1.19. The van der Waals surface area contributed by atoms with Gasteiger partial charge in [0.15, 0.2) is 0 Å². The normalized spacial score (nSPS) is 10.4. The van der Waals surface area contributed by atoms with Gasteiger partial charge in [-0.25, -0.2) is 14.6 Å². The molecular formula is C9H8BrN5S. The van der Waals surface area contributed by atoms with Crippen LogP contribution in [0.3, 0.4) is 0 Å². The number of aryl methyl sites for hydroxylation is 1. The van der Waals surface area contributed by atoms with Crippen LogP contribution in [0.25, 0.3) is 5.95 Å². The second-order valence-electron chi connectivity index (χ2n) is 3.16. The van der Waals surface area contributed by atoms with E-state index in [4.69, 9.17) is 18.0 Å². The number of nitrogens with two attached hydrogens (primary N) is 1. The molecule has 0 amide bonds. The minimum Gasteiger partial charge on any atom is -0.388 e. The Morgan fingerprint density at radius 2 is 2.25 bits per heavy atom. The molecule has 0 bridgehead atoms. The monoisotopic (exact) mass is 297 g/mol. The lowest BCUT2D eigenvalue weighted by molar-refractivity contribution is 0.799. The predicted molar refractivity (Wildman–Crippen MR) is 67.5 cm³/mol. The number of nitrogens with zero attached hydrogens (tertiary/aromatic N) is 4. The summed E-state index contributed by atoms with van der Waals surface area (Å²) in [6, 6.07) is 1.74. The standard InChI is InChI=1S/C9H8BrN5S/c1-5-2-7(8(11)16)14-9(13-5)15-4-6(10)3-12-15/h2-4H,1H3,(H2,11,16). The Morgan fingerprint density at radius 1 is 1.50 bits per heavy atom. The van der Waals surface area contributed by atoms with Gasteiger partial charge in [0.2, 0.25) is 0 Å². The van der Waals surface area contributed by atoms with E-state index in [2.05, 4.69) is 31.0 Å². The zero-order chi connectivity index (χ0) is 11.7. The van der Waals surface area contributed by atoms with Crippen LogP contribution in [0.15, 0.2) is 22.9 Å². The zero-order valence-corrected chi connectivity index (χ0v) is 10.8. The second-order valence-corrected chi connectivity index (χ2v) is 4.52. The van der Waals surface area contributed by atoms with E-state index in [0.29, 0.717) is 11.6 Å². The summed E-state index contributed by atoms with van der Waals surface area (Å²) in [5.74, 6) is 0.452. The first kappa shape index (κ1) is 11.2. The Labute approximate surface area is 106 Å². The summed E-state index contributed by atoms with van der Waals surface area (Å²) in [5.41, 5.74) is 6.87. The van der Waals surface area contributed by atoms with Crippen molar-refractivity contribution in [3.8, 4) is 5.95 Å². The zero-order valence-electron chi connectivity index (χ0n) is 8.38. The molecule has 2 aromatic rings. The van der Waals surface area contributed by atoms with Gasteiger partial charge >= 0.3 is 0 Å². The van der Waals surface area contributed by atoms with E-state index in [9.17, 15) is 0 Å². The number of thiocarbonyl (C=S) groups is 1. The van der Waals surface area contributed by atoms with Crippen LogP contribution in [0.1, 0.15) is 11.4 Å². The SMILES string of the molecule is Cc1cc(C(N)=S)nc(-n2cc(Br)cn2)n1. The molecule has 82 valence electrons. The third-order valence-electron chi connectivity index (χ3n) is 1.85. The van der Waals surface area contributed by atoms with Crippen molar-refractivity contribution < 1.29 is 0 Å². The van der Waals surface area contributed by atoms with E-state index in [0.717, 1.165) is 10.2 Å². The summed E-state index contributed by atoms with van der Waals surface area (Å²) in [4.78, 5) is 8.72. The van der Waals surface area contributed by atoms with Crippen molar-refractivity contribution in [3.05, 3.63) is 34.3 Å². The maximum atomic E-state index is 5.54. The third-order valence-corrected chi connectivity index (χ3v) is 2.47. The number of hydrogen-bond donors (Lipinski definition) is 1. The molecule has 0 spiro atoms. The van der Waals surface area contributed by atoms with Crippen molar-refractivity contribution in [3.63, 3.8) is 0 Å². The molecule has 0 aromatic carbocycles. The van der Waals surface area contributed by atoms with Crippen molar-refractivity contribution in [2.45, 2.75) is 6.92 Å². The summed E-state index contributed by atoms with van der Waals surface area (Å²) in [5, 5.41) is 4.09. The van der Waals surface area contributed by atoms with Gasteiger partial charge in [0.05, 0.1) is 10.7 Å². The van der Waals surface area contributed by atoms with Gasteiger partial charge in [-0.1, -0.05) is 12.2 Å². The molecule has 0 fully saturated rings. The minimum absolute atomic E-state index is 0.248. The van der Waals surface area contributed by atoms with E-state index >= 15 is 0 Å². The van der Waals surface area contributed by atoms with Gasteiger partial charge in [-0.3, -0.25) is 0 Å². The number of hydrogen-bond acceptors (Lipinski definition) is 4. The van der Waals surface area contributed by atoms with Crippen LogP contribution in [-0.2, 0) is 0 Å². The van der Waals surface area contributed by atoms with Crippen LogP contribution >= 0.6 is 28.1 Å². The minimum atomic E-state index is 0.248. The lowest BCUT2D eigenvalue weighted by Gasteiger charge is -2.03. The number of halogens is 1. The summed E-state index contributed by atoms with van der Waals surface area (Å²) < 4.78 is 2.41. The molecule has 16 heavy (non-hydrogen) atoms. The molecule has 2 aromatic heterocycles. The Morgan fingerprint density at radius 3 is 2.81 bits per heavy atom. The molecule has 7 heteroatoms. The fraction of sp³-hybridized carbons (Fsp3) is 0.111. The van der Waals surface area contributed by atoms with Crippen LogP contribution < -0.4 is 5.73 Å². The molecule has 0 aliphatic heterocycles. The topological polar surface area (TPSA) is 69.6 Å². The van der Waals surface area contributed by atoms with Gasteiger partial charge in [0, 0.05) is 11.9 Å². The highest BCUT2D eigenvalue weighted by molar-refractivity contribution is 9.10. The lowest BCUT2D eigenvalue weighted by Crippen LogP contribution is -2.15. The Kier molecular flexibility index (Phi) is 2.97. The van der Waals surface area contributed by atoms with Crippen LogP contribution in [0.2, 0.25) is 0 Å². The molecule has 0 atom stereocenters. The van der Waals surface area contributed by atoms with Crippen LogP contribution in [0.4, 0.5) is 0 Å². The van der Waals surface area contributed by atoms with Gasteiger partial charge < -0.3 is 5.73 Å². The number of aromatic nitrogens is 4. The van der Waals surface area contributed by atoms with E-state index in [1.165, 1.54) is 0 Å². The summed E-state index contributed by atoms with van der Waals surface area (Å²) in [6.07, 6.45) is 3.42. The van der Waals surface area contributed by atoms with Gasteiger partial charge in [-0.05, 0) is 28.9 Å². The third kappa shape index (κ3) is 2.25. The smallest absolute Gasteiger partial charge is 0.251 e. The Hall–Kier alpha value is -1.34. The summed E-state index contributed by atoms with van der Waals surface area (Å²) >= 11 is 8.19. The van der Waals surface area contributed by atoms with E-state index in [1.54, 1.807) is 23.1 Å². The van der Waals surface area contributed by atoms with Crippen LogP contribution in [-0.4, -0.2) is 24.7 Å². The quantitative estimate of drug-likeness (QED) is 0.848. The molecule has 0 aliphatic rings. The Balaban J connectivity index is 2.53. The lowest BCUT2D eigenvalue weighted by atomic mass is 10.3. The maximum Gasteiger partial charge on any atom is 0.251 e. The number of rotatable bonds is 2. The van der Waals surface area contributed by atoms with Crippen molar-refractivity contribution in [1.82, 2.24) is 19.7 Å². The molecule has 0 saturated carbocycles. The van der Waals surface area contributed by atoms with Crippen LogP contribution in [0.5, 0.6) is 0 Å². The molecule has 0 unspecified atom stereocenters. The van der Waals surface area contributed by atoms with Gasteiger partial charge in [-0.15, -0.1) is 0 Å². The molecule has 2 rings (SSSR count). The van der Waals surface area contributed by atoms with Crippen molar-refractivity contribution >= 4 is 33.1 Å². The van der Waals surface area contributed by atoms with Gasteiger partial charge in [0.1, 0.15) is 10.7 Å². The largest absolute Gasteiger partial charge is 0.388 e.